The summed E-state index contributed by atoms with van der Waals surface area (Å²) >= 11 is 1.57. The molecule has 0 saturated carbocycles. The number of carboxylic acids is 1. The van der Waals surface area contributed by atoms with Crippen LogP contribution < -0.4 is 5.32 Å². The predicted molar refractivity (Wildman–Crippen MR) is 79.2 cm³/mol. The Hall–Kier alpha value is -0.950. The monoisotopic (exact) mass is 304 g/mol. The van der Waals surface area contributed by atoms with E-state index in [1.54, 1.807) is 16.7 Å². The number of hydrogen-bond acceptors (Lipinski definition) is 4. The number of nitrogens with zero attached hydrogens (tertiary/aromatic N) is 1. The van der Waals surface area contributed by atoms with E-state index in [-0.39, 0.29) is 18.2 Å². The summed E-state index contributed by atoms with van der Waals surface area (Å²) in [6, 6.07) is -1.12. The van der Waals surface area contributed by atoms with E-state index < -0.39 is 12.0 Å². The van der Waals surface area contributed by atoms with Crippen molar-refractivity contribution in [1.29, 1.82) is 0 Å². The van der Waals surface area contributed by atoms with Gasteiger partial charge < -0.3 is 20.1 Å². The van der Waals surface area contributed by atoms with Crippen LogP contribution in [0.4, 0.5) is 4.79 Å². The standard InChI is InChI=1S/C13H24N2O4S/c1-4-10-8-19-9(2)7-15(10)13(18)14-11(12(16)17)5-6-20-3/h9-11H,4-8H2,1-3H3,(H,14,18)(H,16,17)/t9?,10?,11-/m0/s1. The number of amides is 2. The van der Waals surface area contributed by atoms with Crippen LogP contribution in [0, 0.1) is 0 Å². The topological polar surface area (TPSA) is 78.9 Å². The smallest absolute Gasteiger partial charge is 0.326 e. The zero-order chi connectivity index (χ0) is 15.1. The average Bonchev–Trinajstić information content (AvgIpc) is 2.42. The molecule has 1 aliphatic heterocycles. The van der Waals surface area contributed by atoms with Crippen LogP contribution in [-0.2, 0) is 9.53 Å². The Labute approximate surface area is 124 Å². The largest absolute Gasteiger partial charge is 0.480 e. The van der Waals surface area contributed by atoms with Crippen LogP contribution in [0.1, 0.15) is 26.7 Å². The Kier molecular flexibility index (Phi) is 7.15. The molecule has 0 aliphatic carbocycles. The molecular weight excluding hydrogens is 280 g/mol. The van der Waals surface area contributed by atoms with Crippen LogP contribution in [0.5, 0.6) is 0 Å². The molecule has 2 unspecified atom stereocenters. The second kappa shape index (κ2) is 8.36. The van der Waals surface area contributed by atoms with Gasteiger partial charge >= 0.3 is 12.0 Å². The number of ether oxygens (including phenoxy) is 1. The number of urea groups is 1. The predicted octanol–water partition coefficient (Wildman–Crippen LogP) is 1.40. The molecule has 1 fully saturated rings. The van der Waals surface area contributed by atoms with Gasteiger partial charge in [-0.15, -0.1) is 0 Å². The molecule has 2 amide bonds. The second-order valence-electron chi connectivity index (χ2n) is 4.98. The van der Waals surface area contributed by atoms with E-state index in [9.17, 15) is 9.59 Å². The number of carbonyl (C=O) groups is 2. The maximum Gasteiger partial charge on any atom is 0.326 e. The molecule has 3 atom stereocenters. The first-order valence-electron chi connectivity index (χ1n) is 6.90. The second-order valence-corrected chi connectivity index (χ2v) is 5.97. The van der Waals surface area contributed by atoms with E-state index in [2.05, 4.69) is 5.32 Å². The number of morpholine rings is 1. The van der Waals surface area contributed by atoms with E-state index >= 15 is 0 Å². The van der Waals surface area contributed by atoms with Crippen molar-refractivity contribution in [3.8, 4) is 0 Å². The van der Waals surface area contributed by atoms with Crippen LogP contribution in [0.25, 0.3) is 0 Å². The molecular formula is C13H24N2O4S. The molecule has 0 bridgehead atoms. The molecule has 1 saturated heterocycles. The van der Waals surface area contributed by atoms with Crippen molar-refractivity contribution in [3.05, 3.63) is 0 Å². The molecule has 7 heteroatoms. The third kappa shape index (κ3) is 4.86. The molecule has 20 heavy (non-hydrogen) atoms. The number of carboxylic acid groups (broad SMARTS) is 1. The van der Waals surface area contributed by atoms with Crippen LogP contribution in [0.15, 0.2) is 0 Å². The Morgan fingerprint density at radius 3 is 2.80 bits per heavy atom. The van der Waals surface area contributed by atoms with Crippen molar-refractivity contribution in [2.45, 2.75) is 44.9 Å². The van der Waals surface area contributed by atoms with Gasteiger partial charge in [-0.25, -0.2) is 9.59 Å². The summed E-state index contributed by atoms with van der Waals surface area (Å²) in [6.07, 6.45) is 3.12. The zero-order valence-corrected chi connectivity index (χ0v) is 13.1. The number of nitrogens with one attached hydrogen (secondary N) is 1. The fraction of sp³-hybridized carbons (Fsp3) is 0.846. The SMILES string of the molecule is CCC1COC(C)CN1C(=O)N[C@@H](CCSC)C(=O)O. The first-order valence-corrected chi connectivity index (χ1v) is 8.29. The summed E-state index contributed by atoms with van der Waals surface area (Å²) in [5, 5.41) is 11.8. The number of thioether (sulfide) groups is 1. The number of carbonyl (C=O) groups excluding carboxylic acids is 1. The van der Waals surface area contributed by atoms with Crippen molar-refractivity contribution in [2.24, 2.45) is 0 Å². The third-order valence-corrected chi connectivity index (χ3v) is 4.05. The summed E-state index contributed by atoms with van der Waals surface area (Å²) in [4.78, 5) is 25.1. The van der Waals surface area contributed by atoms with Crippen LogP contribution in [-0.4, -0.2) is 65.4 Å². The van der Waals surface area contributed by atoms with Crippen molar-refractivity contribution < 1.29 is 19.4 Å². The molecule has 1 heterocycles. The Balaban J connectivity index is 2.63. The van der Waals surface area contributed by atoms with Gasteiger partial charge in [-0.1, -0.05) is 6.92 Å². The lowest BCUT2D eigenvalue weighted by Crippen LogP contribution is -2.57. The molecule has 1 rings (SSSR count). The fourth-order valence-corrected chi connectivity index (χ4v) is 2.63. The summed E-state index contributed by atoms with van der Waals surface area (Å²) in [7, 11) is 0. The van der Waals surface area contributed by atoms with E-state index in [4.69, 9.17) is 9.84 Å². The minimum atomic E-state index is -0.984. The van der Waals surface area contributed by atoms with Crippen molar-refractivity contribution >= 4 is 23.8 Å². The van der Waals surface area contributed by atoms with Crippen molar-refractivity contribution in [2.75, 3.05) is 25.2 Å². The maximum absolute atomic E-state index is 12.3. The van der Waals surface area contributed by atoms with E-state index in [0.717, 1.165) is 6.42 Å². The number of hydrogen-bond donors (Lipinski definition) is 2. The van der Waals surface area contributed by atoms with E-state index in [1.165, 1.54) is 0 Å². The third-order valence-electron chi connectivity index (χ3n) is 3.41. The lowest BCUT2D eigenvalue weighted by molar-refractivity contribution is -0.139. The minimum absolute atomic E-state index is 0.0150. The Morgan fingerprint density at radius 1 is 1.55 bits per heavy atom. The highest BCUT2D eigenvalue weighted by Crippen LogP contribution is 2.15. The summed E-state index contributed by atoms with van der Waals surface area (Å²) in [5.41, 5.74) is 0. The first-order chi connectivity index (χ1) is 9.49. The highest BCUT2D eigenvalue weighted by Gasteiger charge is 2.31. The number of rotatable bonds is 6. The van der Waals surface area contributed by atoms with Gasteiger partial charge in [0.1, 0.15) is 6.04 Å². The van der Waals surface area contributed by atoms with Gasteiger partial charge in [0, 0.05) is 6.54 Å². The zero-order valence-electron chi connectivity index (χ0n) is 12.3. The quantitative estimate of drug-likeness (QED) is 0.775. The lowest BCUT2D eigenvalue weighted by Gasteiger charge is -2.38. The molecule has 1 aliphatic rings. The molecule has 116 valence electrons. The van der Waals surface area contributed by atoms with E-state index in [1.807, 2.05) is 20.1 Å². The summed E-state index contributed by atoms with van der Waals surface area (Å²) in [5.74, 6) is -0.282. The van der Waals surface area contributed by atoms with E-state index in [0.29, 0.717) is 25.3 Å². The molecule has 0 aromatic rings. The van der Waals surface area contributed by atoms with Crippen LogP contribution in [0.2, 0.25) is 0 Å². The van der Waals surface area contributed by atoms with Crippen LogP contribution in [0.3, 0.4) is 0 Å². The summed E-state index contributed by atoms with van der Waals surface area (Å²) in [6.45, 7) is 4.91. The average molecular weight is 304 g/mol. The molecule has 2 N–H and O–H groups in total. The van der Waals surface area contributed by atoms with Gasteiger partial charge in [-0.2, -0.15) is 11.8 Å². The van der Waals surface area contributed by atoms with Gasteiger partial charge in [0.05, 0.1) is 18.8 Å². The van der Waals surface area contributed by atoms with Crippen molar-refractivity contribution in [3.63, 3.8) is 0 Å². The van der Waals surface area contributed by atoms with Gasteiger partial charge in [-0.3, -0.25) is 0 Å². The Bertz CT molecular complexity index is 340. The first kappa shape index (κ1) is 17.1. The Morgan fingerprint density at radius 2 is 2.25 bits per heavy atom. The highest BCUT2D eigenvalue weighted by atomic mass is 32.2. The number of aliphatic carboxylic acids is 1. The molecule has 0 aromatic carbocycles. The van der Waals surface area contributed by atoms with Crippen LogP contribution >= 0.6 is 11.8 Å². The minimum Gasteiger partial charge on any atom is -0.480 e. The molecule has 0 spiro atoms. The lowest BCUT2D eigenvalue weighted by atomic mass is 10.1. The molecule has 0 radical (unpaired) electrons. The van der Waals surface area contributed by atoms with Crippen molar-refractivity contribution in [1.82, 2.24) is 10.2 Å². The van der Waals surface area contributed by atoms with Gasteiger partial charge in [-0.05, 0) is 31.8 Å². The molecule has 0 aromatic heterocycles. The van der Waals surface area contributed by atoms with Gasteiger partial charge in [0.25, 0.3) is 0 Å². The van der Waals surface area contributed by atoms with Gasteiger partial charge in [0.15, 0.2) is 0 Å². The highest BCUT2D eigenvalue weighted by molar-refractivity contribution is 7.98. The molecule has 6 nitrogen and oxygen atoms in total. The van der Waals surface area contributed by atoms with Gasteiger partial charge in [0.2, 0.25) is 0 Å². The fourth-order valence-electron chi connectivity index (χ4n) is 2.16. The summed E-state index contributed by atoms with van der Waals surface area (Å²) < 4.78 is 5.54. The normalized spacial score (nSPS) is 24.2. The maximum atomic E-state index is 12.3.